The Hall–Kier alpha value is -1.76. The number of β-amino-alcohol motifs (C(OH)–C–C–N with tert-alkyl or cyclic N) is 1. The Bertz CT molecular complexity index is 583. The first-order chi connectivity index (χ1) is 12.0. The number of nitrogens with zero attached hydrogens (tertiary/aromatic N) is 2. The summed E-state index contributed by atoms with van der Waals surface area (Å²) in [4.78, 5) is 26.6. The van der Waals surface area contributed by atoms with Crippen LogP contribution in [0.5, 0.6) is 0 Å². The molecule has 6 nitrogen and oxygen atoms in total. The summed E-state index contributed by atoms with van der Waals surface area (Å²) in [7, 11) is 0. The van der Waals surface area contributed by atoms with E-state index in [1.807, 2.05) is 30.3 Å². The van der Waals surface area contributed by atoms with Crippen molar-refractivity contribution in [3.8, 4) is 0 Å². The number of piperidine rings is 1. The molecule has 0 bridgehead atoms. The van der Waals surface area contributed by atoms with Crippen molar-refractivity contribution >= 4 is 11.8 Å². The molecular weight excluding hydrogens is 320 g/mol. The number of carbonyl (C=O) groups excluding carboxylic acids is 2. The highest BCUT2D eigenvalue weighted by Crippen LogP contribution is 2.30. The van der Waals surface area contributed by atoms with Gasteiger partial charge in [-0.05, 0) is 37.4 Å². The Morgan fingerprint density at radius 3 is 2.16 bits per heavy atom. The lowest BCUT2D eigenvalue weighted by molar-refractivity contribution is -0.140. The van der Waals surface area contributed by atoms with Crippen molar-refractivity contribution in [3.63, 3.8) is 0 Å². The molecule has 136 valence electrons. The predicted molar refractivity (Wildman–Crippen MR) is 92.5 cm³/mol. The first kappa shape index (κ1) is 18.0. The van der Waals surface area contributed by atoms with Crippen LogP contribution in [-0.2, 0) is 9.59 Å². The van der Waals surface area contributed by atoms with Crippen molar-refractivity contribution in [2.24, 2.45) is 5.92 Å². The zero-order valence-corrected chi connectivity index (χ0v) is 14.4. The number of aliphatic hydroxyl groups excluding tert-OH is 2. The molecule has 0 radical (unpaired) electrons. The third kappa shape index (κ3) is 4.45. The molecule has 2 unspecified atom stereocenters. The maximum absolute atomic E-state index is 11.6. The van der Waals surface area contributed by atoms with Crippen molar-refractivity contribution in [1.29, 1.82) is 0 Å². The van der Waals surface area contributed by atoms with Gasteiger partial charge in [0.15, 0.2) is 0 Å². The van der Waals surface area contributed by atoms with Gasteiger partial charge in [0.1, 0.15) is 0 Å². The van der Waals surface area contributed by atoms with E-state index in [4.69, 9.17) is 0 Å². The molecule has 1 aromatic carbocycles. The fourth-order valence-electron chi connectivity index (χ4n) is 3.77. The average Bonchev–Trinajstić information content (AvgIpc) is 2.94. The molecule has 2 heterocycles. The third-order valence-corrected chi connectivity index (χ3v) is 5.24. The molecule has 2 aliphatic heterocycles. The number of aliphatic hydroxyl groups is 2. The summed E-state index contributed by atoms with van der Waals surface area (Å²) < 4.78 is 0. The molecule has 2 atom stereocenters. The Morgan fingerprint density at radius 1 is 0.960 bits per heavy atom. The number of likely N-dealkylation sites (tertiary alicyclic amines) is 2. The van der Waals surface area contributed by atoms with Gasteiger partial charge in [0, 0.05) is 19.4 Å². The Balaban J connectivity index is 1.44. The number of rotatable bonds is 6. The van der Waals surface area contributed by atoms with Crippen molar-refractivity contribution in [1.82, 2.24) is 9.80 Å². The zero-order chi connectivity index (χ0) is 17.8. The highest BCUT2D eigenvalue weighted by Gasteiger charge is 2.32. The van der Waals surface area contributed by atoms with Crippen molar-refractivity contribution in [3.05, 3.63) is 35.9 Å². The topological polar surface area (TPSA) is 81.1 Å². The lowest BCUT2D eigenvalue weighted by Crippen LogP contribution is -2.45. The van der Waals surface area contributed by atoms with E-state index in [-0.39, 0.29) is 37.1 Å². The normalized spacial score (nSPS) is 22.4. The van der Waals surface area contributed by atoms with Crippen LogP contribution in [0, 0.1) is 5.92 Å². The Kier molecular flexibility index (Phi) is 5.83. The lowest BCUT2D eigenvalue weighted by atomic mass is 9.87. The van der Waals surface area contributed by atoms with Crippen LogP contribution in [0.4, 0.5) is 0 Å². The third-order valence-electron chi connectivity index (χ3n) is 5.24. The van der Waals surface area contributed by atoms with Gasteiger partial charge in [-0.1, -0.05) is 30.3 Å². The van der Waals surface area contributed by atoms with Crippen molar-refractivity contribution in [2.45, 2.75) is 37.9 Å². The quantitative estimate of drug-likeness (QED) is 0.750. The van der Waals surface area contributed by atoms with Gasteiger partial charge < -0.3 is 15.1 Å². The minimum atomic E-state index is -0.721. The molecule has 2 fully saturated rings. The van der Waals surface area contributed by atoms with Crippen molar-refractivity contribution < 1.29 is 19.8 Å². The van der Waals surface area contributed by atoms with Crippen LogP contribution in [0.3, 0.4) is 0 Å². The number of imide groups is 1. The summed E-state index contributed by atoms with van der Waals surface area (Å²) in [5.41, 5.74) is 0.951. The standard InChI is InChI=1S/C19H26N2O4/c22-16(13-21-17(23)6-7-18(21)24)12-20-10-8-15(9-11-20)19(25)14-4-2-1-3-5-14/h1-5,15-16,19,22,25H,6-13H2. The summed E-state index contributed by atoms with van der Waals surface area (Å²) in [6.07, 6.45) is 1.08. The first-order valence-electron chi connectivity index (χ1n) is 9.01. The van der Waals surface area contributed by atoms with Crippen LogP contribution < -0.4 is 0 Å². The molecule has 1 aromatic rings. The number of carbonyl (C=O) groups is 2. The summed E-state index contributed by atoms with van der Waals surface area (Å²) in [5.74, 6) is -0.153. The fourth-order valence-corrected chi connectivity index (χ4v) is 3.77. The number of hydrogen-bond acceptors (Lipinski definition) is 5. The van der Waals surface area contributed by atoms with Gasteiger partial charge >= 0.3 is 0 Å². The van der Waals surface area contributed by atoms with Gasteiger partial charge in [0.25, 0.3) is 0 Å². The molecule has 2 amide bonds. The second-order valence-electron chi connectivity index (χ2n) is 7.05. The Labute approximate surface area is 148 Å². The van der Waals surface area contributed by atoms with Gasteiger partial charge in [0.2, 0.25) is 11.8 Å². The molecule has 25 heavy (non-hydrogen) atoms. The summed E-state index contributed by atoms with van der Waals surface area (Å²) in [5, 5.41) is 20.7. The molecule has 0 spiro atoms. The molecule has 2 aliphatic rings. The SMILES string of the molecule is O=C1CCC(=O)N1CC(O)CN1CCC(C(O)c2ccccc2)CC1. The summed E-state index contributed by atoms with van der Waals surface area (Å²) in [6, 6.07) is 9.71. The van der Waals surface area contributed by atoms with Gasteiger partial charge in [-0.3, -0.25) is 14.5 Å². The van der Waals surface area contributed by atoms with E-state index in [9.17, 15) is 19.8 Å². The van der Waals surface area contributed by atoms with Crippen LogP contribution in [-0.4, -0.2) is 64.1 Å². The largest absolute Gasteiger partial charge is 0.390 e. The highest BCUT2D eigenvalue weighted by molar-refractivity contribution is 6.01. The molecular formula is C19H26N2O4. The van der Waals surface area contributed by atoms with Gasteiger partial charge in [-0.15, -0.1) is 0 Å². The molecule has 6 heteroatoms. The van der Waals surface area contributed by atoms with E-state index in [1.165, 1.54) is 4.90 Å². The minimum absolute atomic E-state index is 0.0875. The zero-order valence-electron chi connectivity index (χ0n) is 14.4. The van der Waals surface area contributed by atoms with Crippen LogP contribution in [0.25, 0.3) is 0 Å². The van der Waals surface area contributed by atoms with E-state index in [0.29, 0.717) is 6.54 Å². The second kappa shape index (κ2) is 8.08. The van der Waals surface area contributed by atoms with E-state index in [1.54, 1.807) is 0 Å². The highest BCUT2D eigenvalue weighted by atomic mass is 16.3. The monoisotopic (exact) mass is 346 g/mol. The number of amides is 2. The maximum Gasteiger partial charge on any atom is 0.229 e. The van der Waals surface area contributed by atoms with Crippen LogP contribution in [0.2, 0.25) is 0 Å². The maximum atomic E-state index is 11.6. The minimum Gasteiger partial charge on any atom is -0.390 e. The van der Waals surface area contributed by atoms with Gasteiger partial charge in [-0.25, -0.2) is 0 Å². The van der Waals surface area contributed by atoms with Crippen LogP contribution >= 0.6 is 0 Å². The molecule has 0 saturated carbocycles. The summed E-state index contributed by atoms with van der Waals surface area (Å²) in [6.45, 7) is 2.14. The molecule has 0 aromatic heterocycles. The molecule has 2 saturated heterocycles. The smallest absolute Gasteiger partial charge is 0.229 e. The van der Waals surface area contributed by atoms with Crippen LogP contribution in [0.15, 0.2) is 30.3 Å². The fraction of sp³-hybridized carbons (Fsp3) is 0.579. The van der Waals surface area contributed by atoms with E-state index in [2.05, 4.69) is 4.90 Å². The lowest BCUT2D eigenvalue weighted by Gasteiger charge is -2.35. The number of benzene rings is 1. The van der Waals surface area contributed by atoms with E-state index >= 15 is 0 Å². The van der Waals surface area contributed by atoms with Gasteiger partial charge in [0.05, 0.1) is 18.8 Å². The van der Waals surface area contributed by atoms with E-state index < -0.39 is 12.2 Å². The molecule has 2 N–H and O–H groups in total. The molecule has 3 rings (SSSR count). The summed E-state index contributed by atoms with van der Waals surface area (Å²) >= 11 is 0. The second-order valence-corrected chi connectivity index (χ2v) is 7.05. The molecule has 0 aliphatic carbocycles. The van der Waals surface area contributed by atoms with E-state index in [0.717, 1.165) is 31.5 Å². The average molecular weight is 346 g/mol. The van der Waals surface area contributed by atoms with Gasteiger partial charge in [-0.2, -0.15) is 0 Å². The number of hydrogen-bond donors (Lipinski definition) is 2. The predicted octanol–water partition coefficient (Wildman–Crippen LogP) is 0.942. The van der Waals surface area contributed by atoms with Crippen LogP contribution in [0.1, 0.15) is 37.4 Å². The Morgan fingerprint density at radius 2 is 1.56 bits per heavy atom. The van der Waals surface area contributed by atoms with Crippen molar-refractivity contribution in [2.75, 3.05) is 26.2 Å². The first-order valence-corrected chi connectivity index (χ1v) is 9.01.